The molecule has 0 saturated heterocycles. The highest BCUT2D eigenvalue weighted by atomic mass is 32.2. The molecule has 1 aliphatic carbocycles. The summed E-state index contributed by atoms with van der Waals surface area (Å²) in [6, 6.07) is 14.4. The number of aromatic nitrogens is 5. The third-order valence-electron chi connectivity index (χ3n) is 5.66. The van der Waals surface area contributed by atoms with Crippen LogP contribution in [0.15, 0.2) is 52.1 Å². The number of para-hydroxylation sites is 1. The molecule has 164 valence electrons. The van der Waals surface area contributed by atoms with Gasteiger partial charge < -0.3 is 13.8 Å². The van der Waals surface area contributed by atoms with E-state index in [1.165, 1.54) is 42.2 Å². The molecule has 1 aliphatic rings. The predicted octanol–water partition coefficient (Wildman–Crippen LogP) is 5.10. The van der Waals surface area contributed by atoms with Gasteiger partial charge in [-0.2, -0.15) is 4.98 Å². The second-order valence-electron chi connectivity index (χ2n) is 7.79. The van der Waals surface area contributed by atoms with Crippen LogP contribution in [-0.4, -0.2) is 31.5 Å². The highest BCUT2D eigenvalue weighted by molar-refractivity contribution is 7.98. The zero-order chi connectivity index (χ0) is 21.9. The van der Waals surface area contributed by atoms with Crippen LogP contribution in [0.3, 0.4) is 0 Å². The van der Waals surface area contributed by atoms with Gasteiger partial charge in [0.05, 0.1) is 17.9 Å². The fourth-order valence-electron chi connectivity index (χ4n) is 4.05. The van der Waals surface area contributed by atoms with E-state index in [2.05, 4.69) is 38.5 Å². The van der Waals surface area contributed by atoms with E-state index in [9.17, 15) is 0 Å². The van der Waals surface area contributed by atoms with E-state index < -0.39 is 0 Å². The molecule has 5 rings (SSSR count). The maximum Gasteiger partial charge on any atom is 0.237 e. The van der Waals surface area contributed by atoms with Crippen LogP contribution >= 0.6 is 11.8 Å². The zero-order valence-electron chi connectivity index (χ0n) is 18.2. The van der Waals surface area contributed by atoms with Gasteiger partial charge in [-0.05, 0) is 61.9 Å². The topological polar surface area (TPSA) is 78.9 Å². The van der Waals surface area contributed by atoms with E-state index in [4.69, 9.17) is 9.26 Å². The fraction of sp³-hybridized carbons (Fsp3) is 0.333. The Hall–Kier alpha value is -3.13. The molecule has 0 N–H and O–H groups in total. The quantitative estimate of drug-likeness (QED) is 0.365. The van der Waals surface area contributed by atoms with Gasteiger partial charge in [-0.15, -0.1) is 10.2 Å². The van der Waals surface area contributed by atoms with Crippen LogP contribution in [-0.2, 0) is 25.6 Å². The zero-order valence-corrected chi connectivity index (χ0v) is 19.1. The smallest absolute Gasteiger partial charge is 0.237 e. The Labute approximate surface area is 191 Å². The summed E-state index contributed by atoms with van der Waals surface area (Å²) in [7, 11) is 1.99. The van der Waals surface area contributed by atoms with Gasteiger partial charge in [0, 0.05) is 12.6 Å². The molecule has 32 heavy (non-hydrogen) atoms. The molecule has 0 aliphatic heterocycles. The number of aryl methyl sites for hydroxylation is 2. The monoisotopic (exact) mass is 447 g/mol. The van der Waals surface area contributed by atoms with Gasteiger partial charge in [0.1, 0.15) is 5.75 Å². The third-order valence-corrected chi connectivity index (χ3v) is 6.67. The normalized spacial score (nSPS) is 13.2. The fourth-order valence-corrected chi connectivity index (χ4v) is 4.79. The Balaban J connectivity index is 1.30. The van der Waals surface area contributed by atoms with E-state index >= 15 is 0 Å². The van der Waals surface area contributed by atoms with Gasteiger partial charge in [-0.3, -0.25) is 0 Å². The van der Waals surface area contributed by atoms with Crippen LogP contribution in [0.4, 0.5) is 0 Å². The minimum absolute atomic E-state index is 0.514. The molecule has 0 unspecified atom stereocenters. The second kappa shape index (κ2) is 9.16. The summed E-state index contributed by atoms with van der Waals surface area (Å²) in [5, 5.41) is 13.8. The first-order valence-corrected chi connectivity index (χ1v) is 11.9. The molecular weight excluding hydrogens is 422 g/mol. The molecule has 4 aromatic rings. The van der Waals surface area contributed by atoms with Crippen molar-refractivity contribution in [1.29, 1.82) is 0 Å². The molecule has 0 amide bonds. The summed E-state index contributed by atoms with van der Waals surface area (Å²) in [4.78, 5) is 4.55. The van der Waals surface area contributed by atoms with Crippen molar-refractivity contribution in [2.75, 3.05) is 6.61 Å². The lowest BCUT2D eigenvalue weighted by Crippen LogP contribution is -2.03. The van der Waals surface area contributed by atoms with Crippen molar-refractivity contribution in [3.05, 3.63) is 59.5 Å². The summed E-state index contributed by atoms with van der Waals surface area (Å²) in [5.41, 5.74) is 4.84. The number of hydrogen-bond donors (Lipinski definition) is 0. The van der Waals surface area contributed by atoms with E-state index in [-0.39, 0.29) is 0 Å². The Bertz CT molecular complexity index is 1230. The standard InChI is InChI=1S/C24H25N5O2S/c1-3-30-20-11-7-6-10-19(20)22-25-21(31-28-22)15-32-24-27-26-23(29(24)2)18-13-12-16-8-4-5-9-17(16)14-18/h6-7,10-14H,3-5,8-9,15H2,1-2H3. The Morgan fingerprint density at radius 3 is 2.78 bits per heavy atom. The van der Waals surface area contributed by atoms with Crippen molar-refractivity contribution in [1.82, 2.24) is 24.9 Å². The van der Waals surface area contributed by atoms with Crippen molar-refractivity contribution in [2.45, 2.75) is 43.5 Å². The van der Waals surface area contributed by atoms with Crippen LogP contribution in [0.2, 0.25) is 0 Å². The molecule has 0 fully saturated rings. The average Bonchev–Trinajstić information content (AvgIpc) is 3.44. The van der Waals surface area contributed by atoms with Crippen molar-refractivity contribution >= 4 is 11.8 Å². The first-order valence-electron chi connectivity index (χ1n) is 10.9. The lowest BCUT2D eigenvalue weighted by molar-refractivity contribution is 0.341. The molecule has 2 heterocycles. The van der Waals surface area contributed by atoms with Gasteiger partial charge >= 0.3 is 0 Å². The molecule has 0 atom stereocenters. The van der Waals surface area contributed by atoms with E-state index in [1.807, 2.05) is 42.8 Å². The first kappa shape index (κ1) is 20.8. The van der Waals surface area contributed by atoms with Crippen molar-refractivity contribution in [3.63, 3.8) is 0 Å². The molecule has 8 heteroatoms. The molecule has 0 radical (unpaired) electrons. The number of rotatable bonds is 7. The van der Waals surface area contributed by atoms with Crippen molar-refractivity contribution in [3.8, 4) is 28.5 Å². The van der Waals surface area contributed by atoms with Gasteiger partial charge in [-0.25, -0.2) is 0 Å². The highest BCUT2D eigenvalue weighted by Crippen LogP contribution is 2.31. The third kappa shape index (κ3) is 4.14. The molecule has 7 nitrogen and oxygen atoms in total. The largest absolute Gasteiger partial charge is 0.493 e. The molecule has 0 spiro atoms. The number of hydrogen-bond acceptors (Lipinski definition) is 7. The second-order valence-corrected chi connectivity index (χ2v) is 8.73. The average molecular weight is 448 g/mol. The highest BCUT2D eigenvalue weighted by Gasteiger charge is 2.17. The minimum Gasteiger partial charge on any atom is -0.493 e. The first-order chi connectivity index (χ1) is 15.7. The van der Waals surface area contributed by atoms with Gasteiger partial charge in [0.25, 0.3) is 0 Å². The number of ether oxygens (including phenoxy) is 1. The molecule has 2 aromatic carbocycles. The van der Waals surface area contributed by atoms with Crippen molar-refractivity contribution in [2.24, 2.45) is 7.05 Å². The summed E-state index contributed by atoms with van der Waals surface area (Å²) in [6.07, 6.45) is 4.87. The van der Waals surface area contributed by atoms with E-state index in [1.54, 1.807) is 0 Å². The maximum atomic E-state index is 5.68. The number of nitrogens with zero attached hydrogens (tertiary/aromatic N) is 5. The SMILES string of the molecule is CCOc1ccccc1-c1noc(CSc2nnc(-c3ccc4c(c3)CCCC4)n2C)n1. The van der Waals surface area contributed by atoms with Crippen LogP contribution in [0.25, 0.3) is 22.8 Å². The molecule has 2 aromatic heterocycles. The van der Waals surface area contributed by atoms with Crippen molar-refractivity contribution < 1.29 is 9.26 Å². The maximum absolute atomic E-state index is 5.68. The van der Waals surface area contributed by atoms with Crippen LogP contribution in [0.5, 0.6) is 5.75 Å². The number of thioether (sulfide) groups is 1. The van der Waals surface area contributed by atoms with E-state index in [0.29, 0.717) is 24.1 Å². The number of fused-ring (bicyclic) bond motifs is 1. The molecule has 0 saturated carbocycles. The summed E-state index contributed by atoms with van der Waals surface area (Å²) < 4.78 is 13.2. The predicted molar refractivity (Wildman–Crippen MR) is 124 cm³/mol. The minimum atomic E-state index is 0.514. The summed E-state index contributed by atoms with van der Waals surface area (Å²) >= 11 is 1.53. The Morgan fingerprint density at radius 1 is 1.06 bits per heavy atom. The van der Waals surface area contributed by atoms with Gasteiger partial charge in [0.2, 0.25) is 11.7 Å². The van der Waals surface area contributed by atoms with Crippen LogP contribution in [0, 0.1) is 0 Å². The number of benzene rings is 2. The van der Waals surface area contributed by atoms with Crippen LogP contribution < -0.4 is 4.74 Å². The summed E-state index contributed by atoms with van der Waals surface area (Å²) in [5.74, 6) is 3.20. The van der Waals surface area contributed by atoms with Crippen LogP contribution in [0.1, 0.15) is 36.8 Å². The lowest BCUT2D eigenvalue weighted by atomic mass is 9.90. The molecule has 0 bridgehead atoms. The van der Waals surface area contributed by atoms with Gasteiger partial charge in [-0.1, -0.05) is 41.2 Å². The van der Waals surface area contributed by atoms with Gasteiger partial charge in [0.15, 0.2) is 11.0 Å². The lowest BCUT2D eigenvalue weighted by Gasteiger charge is -2.16. The van der Waals surface area contributed by atoms with E-state index in [0.717, 1.165) is 34.3 Å². The Kier molecular flexibility index (Phi) is 5.94. The summed E-state index contributed by atoms with van der Waals surface area (Å²) in [6.45, 7) is 2.53. The Morgan fingerprint density at radius 2 is 1.91 bits per heavy atom. The molecular formula is C24H25N5O2S.